The topological polar surface area (TPSA) is 56.3 Å². The van der Waals surface area contributed by atoms with Crippen LogP contribution in [0.15, 0.2) is 24.4 Å². The summed E-state index contributed by atoms with van der Waals surface area (Å²) in [6.07, 6.45) is 6.20. The number of piperidine rings is 1. The molecular weight excluding hydrogens is 312 g/mol. The standard InChI is InChI=1S/C21H26N2O2/c1-12-4-3-5-17-20(12)16(11-22-17)13(2)6-19(24)23-15-7-14-8-21(25,9-15)10-18(14)23/h3-5,11,13-15,18,22,25H,6-10H2,1-2H3. The Hall–Kier alpha value is -1.81. The molecule has 4 nitrogen and oxygen atoms in total. The monoisotopic (exact) mass is 338 g/mol. The van der Waals surface area contributed by atoms with E-state index in [2.05, 4.69) is 48.1 Å². The van der Waals surface area contributed by atoms with Gasteiger partial charge in [-0.3, -0.25) is 4.79 Å². The molecule has 2 aromatic rings. The van der Waals surface area contributed by atoms with Crippen molar-refractivity contribution in [3.8, 4) is 0 Å². The van der Waals surface area contributed by atoms with Gasteiger partial charge in [0.25, 0.3) is 0 Å². The molecule has 1 aromatic carbocycles. The summed E-state index contributed by atoms with van der Waals surface area (Å²) in [5.41, 5.74) is 3.17. The Labute approximate surface area is 148 Å². The normalized spacial score (nSPS) is 34.2. The first kappa shape index (κ1) is 15.4. The molecule has 0 spiro atoms. The van der Waals surface area contributed by atoms with Gasteiger partial charge >= 0.3 is 0 Å². The Morgan fingerprint density at radius 3 is 3.04 bits per heavy atom. The van der Waals surface area contributed by atoms with Crippen LogP contribution in [-0.4, -0.2) is 38.6 Å². The quantitative estimate of drug-likeness (QED) is 0.900. The molecule has 4 aliphatic rings. The molecule has 4 fully saturated rings. The molecular formula is C21H26N2O2. The average molecular weight is 338 g/mol. The first-order chi connectivity index (χ1) is 12.0. The number of nitrogens with zero attached hydrogens (tertiary/aromatic N) is 1. The van der Waals surface area contributed by atoms with E-state index in [-0.39, 0.29) is 23.9 Å². The summed E-state index contributed by atoms with van der Waals surface area (Å²) >= 11 is 0. The van der Waals surface area contributed by atoms with E-state index in [1.807, 2.05) is 0 Å². The van der Waals surface area contributed by atoms with Gasteiger partial charge in [-0.2, -0.15) is 0 Å². The van der Waals surface area contributed by atoms with Crippen molar-refractivity contribution in [1.82, 2.24) is 9.88 Å². The number of aryl methyl sites for hydroxylation is 1. The van der Waals surface area contributed by atoms with E-state index < -0.39 is 5.60 Å². The summed E-state index contributed by atoms with van der Waals surface area (Å²) in [6, 6.07) is 6.85. The maximum atomic E-state index is 13.1. The minimum absolute atomic E-state index is 0.196. The number of benzene rings is 1. The van der Waals surface area contributed by atoms with Crippen molar-refractivity contribution in [2.45, 2.75) is 69.6 Å². The highest BCUT2D eigenvalue weighted by atomic mass is 16.3. The molecule has 6 rings (SSSR count). The molecule has 2 saturated carbocycles. The largest absolute Gasteiger partial charge is 0.390 e. The number of hydrogen-bond acceptors (Lipinski definition) is 2. The minimum atomic E-state index is -0.478. The van der Waals surface area contributed by atoms with Crippen LogP contribution in [0.2, 0.25) is 0 Å². The molecule has 25 heavy (non-hydrogen) atoms. The highest BCUT2D eigenvalue weighted by Crippen LogP contribution is 2.55. The van der Waals surface area contributed by atoms with Gasteiger partial charge in [0.1, 0.15) is 0 Å². The van der Waals surface area contributed by atoms with E-state index >= 15 is 0 Å². The van der Waals surface area contributed by atoms with Crippen LogP contribution in [0.1, 0.15) is 56.1 Å². The Balaban J connectivity index is 1.38. The van der Waals surface area contributed by atoms with Crippen molar-refractivity contribution in [2.24, 2.45) is 5.92 Å². The van der Waals surface area contributed by atoms with Gasteiger partial charge in [-0.25, -0.2) is 0 Å². The van der Waals surface area contributed by atoms with Crippen molar-refractivity contribution in [3.63, 3.8) is 0 Å². The molecule has 2 aliphatic heterocycles. The Morgan fingerprint density at radius 2 is 2.24 bits per heavy atom. The predicted octanol–water partition coefficient (Wildman–Crippen LogP) is 3.48. The smallest absolute Gasteiger partial charge is 0.223 e. The van der Waals surface area contributed by atoms with Crippen LogP contribution in [0.25, 0.3) is 10.9 Å². The number of H-pyrrole nitrogens is 1. The average Bonchev–Trinajstić information content (AvgIpc) is 3.14. The predicted molar refractivity (Wildman–Crippen MR) is 97.4 cm³/mol. The summed E-state index contributed by atoms with van der Waals surface area (Å²) < 4.78 is 0. The Kier molecular flexibility index (Phi) is 3.15. The fourth-order valence-corrected chi connectivity index (χ4v) is 6.00. The maximum Gasteiger partial charge on any atom is 0.223 e. The van der Waals surface area contributed by atoms with E-state index in [0.717, 1.165) is 31.2 Å². The first-order valence-electron chi connectivity index (χ1n) is 9.55. The lowest BCUT2D eigenvalue weighted by atomic mass is 9.83. The van der Waals surface area contributed by atoms with Gasteiger partial charge in [-0.05, 0) is 61.6 Å². The van der Waals surface area contributed by atoms with Crippen molar-refractivity contribution >= 4 is 16.8 Å². The number of carbonyl (C=O) groups excluding carboxylic acids is 1. The van der Waals surface area contributed by atoms with Crippen LogP contribution in [0.5, 0.6) is 0 Å². The van der Waals surface area contributed by atoms with Crippen LogP contribution in [-0.2, 0) is 4.79 Å². The van der Waals surface area contributed by atoms with E-state index in [9.17, 15) is 9.90 Å². The van der Waals surface area contributed by atoms with Gasteiger partial charge in [0.15, 0.2) is 0 Å². The van der Waals surface area contributed by atoms with Gasteiger partial charge < -0.3 is 15.0 Å². The number of nitrogens with one attached hydrogen (secondary N) is 1. The van der Waals surface area contributed by atoms with Gasteiger partial charge in [0, 0.05) is 35.6 Å². The second-order valence-electron chi connectivity index (χ2n) is 8.70. The Morgan fingerprint density at radius 1 is 1.40 bits per heavy atom. The van der Waals surface area contributed by atoms with Crippen LogP contribution in [0.3, 0.4) is 0 Å². The molecule has 1 aromatic heterocycles. The van der Waals surface area contributed by atoms with Gasteiger partial charge in [0.05, 0.1) is 5.60 Å². The zero-order valence-corrected chi connectivity index (χ0v) is 15.0. The van der Waals surface area contributed by atoms with E-state index in [4.69, 9.17) is 0 Å². The highest BCUT2D eigenvalue weighted by Gasteiger charge is 2.60. The van der Waals surface area contributed by atoms with Gasteiger partial charge in [-0.1, -0.05) is 19.1 Å². The molecule has 132 valence electrons. The zero-order chi connectivity index (χ0) is 17.3. The molecule has 2 N–H and O–H groups in total. The highest BCUT2D eigenvalue weighted by molar-refractivity contribution is 5.88. The Bertz CT molecular complexity index is 853. The molecule has 5 atom stereocenters. The summed E-state index contributed by atoms with van der Waals surface area (Å²) in [5.74, 6) is 0.997. The lowest BCUT2D eigenvalue weighted by Gasteiger charge is -2.41. The van der Waals surface area contributed by atoms with Crippen LogP contribution < -0.4 is 0 Å². The minimum Gasteiger partial charge on any atom is -0.390 e. The molecule has 4 heteroatoms. The molecule has 2 saturated heterocycles. The van der Waals surface area contributed by atoms with Crippen molar-refractivity contribution in [3.05, 3.63) is 35.5 Å². The van der Waals surface area contributed by atoms with Gasteiger partial charge in [-0.15, -0.1) is 0 Å². The number of aliphatic hydroxyl groups is 1. The molecule has 5 unspecified atom stereocenters. The van der Waals surface area contributed by atoms with E-state index in [0.29, 0.717) is 12.3 Å². The zero-order valence-electron chi connectivity index (χ0n) is 15.0. The molecule has 1 amide bonds. The van der Waals surface area contributed by atoms with Crippen LogP contribution in [0, 0.1) is 12.8 Å². The third kappa shape index (κ3) is 2.20. The molecule has 2 aliphatic carbocycles. The summed E-state index contributed by atoms with van der Waals surface area (Å²) in [6.45, 7) is 4.29. The third-order valence-electron chi connectivity index (χ3n) is 6.96. The van der Waals surface area contributed by atoms with Crippen molar-refractivity contribution in [1.29, 1.82) is 0 Å². The van der Waals surface area contributed by atoms with E-state index in [1.165, 1.54) is 16.5 Å². The summed E-state index contributed by atoms with van der Waals surface area (Å²) in [5, 5.41) is 11.8. The fourth-order valence-electron chi connectivity index (χ4n) is 6.00. The van der Waals surface area contributed by atoms with Crippen LogP contribution in [0.4, 0.5) is 0 Å². The summed E-state index contributed by atoms with van der Waals surface area (Å²) in [7, 11) is 0. The molecule has 3 heterocycles. The van der Waals surface area contributed by atoms with E-state index in [1.54, 1.807) is 0 Å². The number of hydrogen-bond donors (Lipinski definition) is 2. The fraction of sp³-hybridized carbons (Fsp3) is 0.571. The van der Waals surface area contributed by atoms with Crippen molar-refractivity contribution in [2.75, 3.05) is 0 Å². The number of aromatic nitrogens is 1. The lowest BCUT2D eigenvalue weighted by Crippen LogP contribution is -2.50. The number of carbonyl (C=O) groups is 1. The lowest BCUT2D eigenvalue weighted by molar-refractivity contribution is -0.139. The number of amides is 1. The second kappa shape index (κ2) is 5.10. The van der Waals surface area contributed by atoms with Gasteiger partial charge in [0.2, 0.25) is 5.91 Å². The summed E-state index contributed by atoms with van der Waals surface area (Å²) in [4.78, 5) is 18.6. The third-order valence-corrected chi connectivity index (χ3v) is 6.96. The second-order valence-corrected chi connectivity index (χ2v) is 8.70. The molecule has 0 radical (unpaired) electrons. The number of aromatic amines is 1. The molecule has 4 bridgehead atoms. The first-order valence-corrected chi connectivity index (χ1v) is 9.55. The van der Waals surface area contributed by atoms with Crippen LogP contribution >= 0.6 is 0 Å². The number of fused-ring (bicyclic) bond motifs is 1. The van der Waals surface area contributed by atoms with Crippen molar-refractivity contribution < 1.29 is 9.90 Å². The number of rotatable bonds is 3. The SMILES string of the molecule is Cc1cccc2[nH]cc(C(C)CC(=O)N3C4CC5CC(O)(C4)CC53)c12. The maximum absolute atomic E-state index is 13.1.